The van der Waals surface area contributed by atoms with Gasteiger partial charge in [0.2, 0.25) is 10.0 Å². The van der Waals surface area contributed by atoms with Crippen molar-refractivity contribution in [2.24, 2.45) is 0 Å². The van der Waals surface area contributed by atoms with E-state index in [1.165, 1.54) is 7.11 Å². The van der Waals surface area contributed by atoms with Gasteiger partial charge in [-0.25, -0.2) is 8.42 Å². The maximum Gasteiger partial charge on any atom is 0.416 e. The second kappa shape index (κ2) is 6.97. The average molecular weight is 399 g/mol. The summed E-state index contributed by atoms with van der Waals surface area (Å²) in [6.07, 6.45) is -4.96. The van der Waals surface area contributed by atoms with Crippen molar-refractivity contribution in [3.8, 4) is 0 Å². The van der Waals surface area contributed by atoms with Crippen LogP contribution in [0.2, 0.25) is 0 Å². The summed E-state index contributed by atoms with van der Waals surface area (Å²) < 4.78 is 70.7. The molecule has 144 valence electrons. The molecule has 1 aliphatic heterocycles. The fourth-order valence-electron chi connectivity index (χ4n) is 3.07. The summed E-state index contributed by atoms with van der Waals surface area (Å²) in [5, 5.41) is 0. The van der Waals surface area contributed by atoms with Gasteiger partial charge in [-0.1, -0.05) is 36.4 Å². The van der Waals surface area contributed by atoms with Gasteiger partial charge in [-0.2, -0.15) is 17.5 Å². The second-order valence-electron chi connectivity index (χ2n) is 6.08. The number of alkyl halides is 3. The van der Waals surface area contributed by atoms with E-state index in [0.717, 1.165) is 16.4 Å². The van der Waals surface area contributed by atoms with Gasteiger partial charge >= 0.3 is 12.1 Å². The number of methoxy groups -OCH3 is 1. The first kappa shape index (κ1) is 19.4. The largest absolute Gasteiger partial charge is 0.469 e. The molecule has 1 aliphatic rings. The van der Waals surface area contributed by atoms with Gasteiger partial charge < -0.3 is 4.74 Å². The highest BCUT2D eigenvalue weighted by molar-refractivity contribution is 7.89. The Bertz CT molecular complexity index is 958. The van der Waals surface area contributed by atoms with Gasteiger partial charge in [-0.15, -0.1) is 0 Å². The lowest BCUT2D eigenvalue weighted by atomic mass is 10.0. The van der Waals surface area contributed by atoms with Gasteiger partial charge in [-0.3, -0.25) is 4.79 Å². The van der Waals surface area contributed by atoms with Crippen molar-refractivity contribution in [3.05, 3.63) is 65.2 Å². The predicted octanol–water partition coefficient (Wildman–Crippen LogP) is 3.51. The number of hydrogen-bond donors (Lipinski definition) is 0. The Morgan fingerprint density at radius 1 is 1.15 bits per heavy atom. The van der Waals surface area contributed by atoms with Crippen molar-refractivity contribution in [2.45, 2.75) is 30.1 Å². The number of sulfonamides is 1. The third-order valence-corrected chi connectivity index (χ3v) is 6.31. The molecule has 0 N–H and O–H groups in total. The van der Waals surface area contributed by atoms with Crippen molar-refractivity contribution in [1.29, 1.82) is 0 Å². The molecule has 0 amide bonds. The molecule has 0 radical (unpaired) electrons. The molecule has 1 atom stereocenters. The molecular formula is C18H16F3NO4S. The van der Waals surface area contributed by atoms with Crippen LogP contribution in [-0.4, -0.2) is 25.8 Å². The van der Waals surface area contributed by atoms with Gasteiger partial charge in [-0.05, 0) is 23.3 Å². The third kappa shape index (κ3) is 3.70. The lowest BCUT2D eigenvalue weighted by Gasteiger charge is -2.22. The quantitative estimate of drug-likeness (QED) is 0.738. The van der Waals surface area contributed by atoms with E-state index in [1.807, 2.05) is 0 Å². The topological polar surface area (TPSA) is 63.7 Å². The molecule has 0 aliphatic carbocycles. The molecule has 27 heavy (non-hydrogen) atoms. The van der Waals surface area contributed by atoms with E-state index in [4.69, 9.17) is 0 Å². The Labute approximate surface area is 154 Å². The van der Waals surface area contributed by atoms with Crippen LogP contribution in [0.1, 0.15) is 29.2 Å². The average Bonchev–Trinajstić information content (AvgIpc) is 2.83. The first-order valence-corrected chi connectivity index (χ1v) is 9.42. The SMILES string of the molecule is COC(=O)C[C@H]1c2ccc(C(F)(F)F)cc2S(=O)(=O)N1Cc1ccccc1. The van der Waals surface area contributed by atoms with Crippen molar-refractivity contribution >= 4 is 16.0 Å². The lowest BCUT2D eigenvalue weighted by Crippen LogP contribution is -2.29. The maximum absolute atomic E-state index is 13.0. The van der Waals surface area contributed by atoms with Crippen LogP contribution in [0.15, 0.2) is 53.4 Å². The standard InChI is InChI=1S/C18H16F3NO4S/c1-26-17(23)10-15-14-8-7-13(18(19,20)21)9-16(14)27(24,25)22(15)11-12-5-3-2-4-6-12/h2-9,15H,10-11H2,1H3/t15-/m0/s1. The number of hydrogen-bond acceptors (Lipinski definition) is 4. The summed E-state index contributed by atoms with van der Waals surface area (Å²) in [6, 6.07) is 10.3. The normalized spacial score (nSPS) is 18.9. The highest BCUT2D eigenvalue weighted by Gasteiger charge is 2.45. The molecule has 0 saturated carbocycles. The molecule has 0 aromatic heterocycles. The van der Waals surface area contributed by atoms with Crippen molar-refractivity contribution < 1.29 is 31.1 Å². The fraction of sp³-hybridized carbons (Fsp3) is 0.278. The van der Waals surface area contributed by atoms with E-state index in [-0.39, 0.29) is 18.5 Å². The number of benzene rings is 2. The molecule has 0 bridgehead atoms. The summed E-state index contributed by atoms with van der Waals surface area (Å²) in [5.41, 5.74) is -0.243. The van der Waals surface area contributed by atoms with Crippen LogP contribution in [0.3, 0.4) is 0 Å². The van der Waals surface area contributed by atoms with Gasteiger partial charge in [0, 0.05) is 6.54 Å². The van der Waals surface area contributed by atoms with E-state index in [9.17, 15) is 26.4 Å². The van der Waals surface area contributed by atoms with E-state index in [0.29, 0.717) is 11.6 Å². The monoisotopic (exact) mass is 399 g/mol. The predicted molar refractivity (Wildman–Crippen MR) is 90.0 cm³/mol. The molecule has 0 fully saturated rings. The fourth-order valence-corrected chi connectivity index (χ4v) is 4.94. The summed E-state index contributed by atoms with van der Waals surface area (Å²) in [7, 11) is -3.04. The molecule has 0 spiro atoms. The molecule has 2 aromatic carbocycles. The minimum absolute atomic E-state index is 0.0686. The highest BCUT2D eigenvalue weighted by atomic mass is 32.2. The molecule has 0 saturated heterocycles. The van der Waals surface area contributed by atoms with Crippen molar-refractivity contribution in [2.75, 3.05) is 7.11 Å². The van der Waals surface area contributed by atoms with Crippen LogP contribution in [0.4, 0.5) is 13.2 Å². The van der Waals surface area contributed by atoms with Crippen LogP contribution in [0.25, 0.3) is 0 Å². The summed E-state index contributed by atoms with van der Waals surface area (Å²) in [4.78, 5) is 11.4. The molecule has 3 rings (SSSR count). The van der Waals surface area contributed by atoms with E-state index in [2.05, 4.69) is 4.74 Å². The van der Waals surface area contributed by atoms with Crippen LogP contribution in [-0.2, 0) is 32.3 Å². The van der Waals surface area contributed by atoms with Crippen LogP contribution in [0.5, 0.6) is 0 Å². The Kier molecular flexibility index (Phi) is 5.00. The Hall–Kier alpha value is -2.39. The summed E-state index contributed by atoms with van der Waals surface area (Å²) in [6.45, 7) is -0.0686. The number of nitrogens with zero attached hydrogens (tertiary/aromatic N) is 1. The Morgan fingerprint density at radius 3 is 2.41 bits per heavy atom. The zero-order chi connectivity index (χ0) is 19.8. The Balaban J connectivity index is 2.09. The summed E-state index contributed by atoms with van der Waals surface area (Å²) in [5.74, 6) is -0.652. The number of carbonyl (C=O) groups excluding carboxylic acids is 1. The minimum Gasteiger partial charge on any atom is -0.469 e. The number of carbonyl (C=O) groups is 1. The Morgan fingerprint density at radius 2 is 1.81 bits per heavy atom. The number of rotatable bonds is 4. The van der Waals surface area contributed by atoms with Gasteiger partial charge in [0.05, 0.1) is 30.0 Å². The molecular weight excluding hydrogens is 383 g/mol. The van der Waals surface area contributed by atoms with Crippen LogP contribution < -0.4 is 0 Å². The molecule has 0 unspecified atom stereocenters. The van der Waals surface area contributed by atoms with Gasteiger partial charge in [0.15, 0.2) is 0 Å². The maximum atomic E-state index is 13.0. The van der Waals surface area contributed by atoms with Crippen molar-refractivity contribution in [1.82, 2.24) is 4.31 Å². The van der Waals surface area contributed by atoms with Crippen LogP contribution in [0, 0.1) is 0 Å². The lowest BCUT2D eigenvalue weighted by molar-refractivity contribution is -0.142. The zero-order valence-electron chi connectivity index (χ0n) is 14.2. The second-order valence-corrected chi connectivity index (χ2v) is 7.94. The number of ether oxygens (including phenoxy) is 1. The van der Waals surface area contributed by atoms with E-state index >= 15 is 0 Å². The number of fused-ring (bicyclic) bond motifs is 1. The molecule has 1 heterocycles. The zero-order valence-corrected chi connectivity index (χ0v) is 15.0. The molecule has 5 nitrogen and oxygen atoms in total. The van der Waals surface area contributed by atoms with E-state index < -0.39 is 38.7 Å². The smallest absolute Gasteiger partial charge is 0.416 e. The van der Waals surface area contributed by atoms with Gasteiger partial charge in [0.1, 0.15) is 0 Å². The highest BCUT2D eigenvalue weighted by Crippen LogP contribution is 2.44. The number of halogens is 3. The number of esters is 1. The van der Waals surface area contributed by atoms with Crippen LogP contribution >= 0.6 is 0 Å². The summed E-state index contributed by atoms with van der Waals surface area (Å²) >= 11 is 0. The van der Waals surface area contributed by atoms with Gasteiger partial charge in [0.25, 0.3) is 0 Å². The minimum atomic E-state index is -4.67. The molecule has 2 aromatic rings. The van der Waals surface area contributed by atoms with E-state index in [1.54, 1.807) is 30.3 Å². The first-order valence-electron chi connectivity index (χ1n) is 7.98. The molecule has 9 heteroatoms. The van der Waals surface area contributed by atoms with Crippen molar-refractivity contribution in [3.63, 3.8) is 0 Å². The first-order chi connectivity index (χ1) is 12.6. The third-order valence-electron chi connectivity index (χ3n) is 4.40.